The lowest BCUT2D eigenvalue weighted by Crippen LogP contribution is -1.99. The van der Waals surface area contributed by atoms with Crippen molar-refractivity contribution in [1.29, 1.82) is 0 Å². The zero-order valence-electron chi connectivity index (χ0n) is 10.7. The molecule has 1 aromatic carbocycles. The van der Waals surface area contributed by atoms with Gasteiger partial charge in [0.05, 0.1) is 19.1 Å². The second-order valence-corrected chi connectivity index (χ2v) is 4.70. The molecule has 0 saturated carbocycles. The first-order valence-electron chi connectivity index (χ1n) is 6.01. The normalized spacial score (nSPS) is 10.7. The van der Waals surface area contributed by atoms with Gasteiger partial charge in [0.25, 0.3) is 0 Å². The third-order valence-corrected chi connectivity index (χ3v) is 3.02. The molecule has 7 heteroatoms. The smallest absolute Gasteiger partial charge is 0.246 e. The highest BCUT2D eigenvalue weighted by Crippen LogP contribution is 2.17. The molecule has 0 aliphatic heterocycles. The van der Waals surface area contributed by atoms with Crippen LogP contribution in [0.1, 0.15) is 5.89 Å². The van der Waals surface area contributed by atoms with E-state index in [4.69, 9.17) is 16.1 Å². The summed E-state index contributed by atoms with van der Waals surface area (Å²) >= 11 is 5.91. The molecule has 0 bridgehead atoms. The molecule has 102 valence electrons. The van der Waals surface area contributed by atoms with Crippen molar-refractivity contribution in [3.8, 4) is 11.5 Å². The molecular weight excluding hydrogens is 278 g/mol. The quantitative estimate of drug-likeness (QED) is 0.800. The van der Waals surface area contributed by atoms with Gasteiger partial charge in [-0.25, -0.2) is 4.98 Å². The van der Waals surface area contributed by atoms with Gasteiger partial charge in [0.1, 0.15) is 5.69 Å². The van der Waals surface area contributed by atoms with Gasteiger partial charge in [-0.1, -0.05) is 22.8 Å². The largest absolute Gasteiger partial charge is 0.376 e. The van der Waals surface area contributed by atoms with Crippen molar-refractivity contribution < 1.29 is 4.52 Å². The van der Waals surface area contributed by atoms with Crippen molar-refractivity contribution in [1.82, 2.24) is 19.7 Å². The first-order chi connectivity index (χ1) is 9.72. The van der Waals surface area contributed by atoms with Crippen molar-refractivity contribution >= 4 is 17.3 Å². The van der Waals surface area contributed by atoms with E-state index in [-0.39, 0.29) is 0 Å². The second-order valence-electron chi connectivity index (χ2n) is 4.27. The van der Waals surface area contributed by atoms with Crippen LogP contribution >= 0.6 is 11.6 Å². The number of rotatable bonds is 4. The summed E-state index contributed by atoms with van der Waals surface area (Å²) < 4.78 is 7.03. The summed E-state index contributed by atoms with van der Waals surface area (Å²) in [5, 5.41) is 7.79. The average Bonchev–Trinajstić information content (AvgIpc) is 3.05. The number of benzene rings is 1. The lowest BCUT2D eigenvalue weighted by atomic mass is 10.3. The number of halogens is 1. The Morgan fingerprint density at radius 2 is 2.30 bits per heavy atom. The molecule has 3 rings (SSSR count). The first-order valence-corrected chi connectivity index (χ1v) is 6.39. The molecule has 0 radical (unpaired) electrons. The highest BCUT2D eigenvalue weighted by Gasteiger charge is 2.11. The third kappa shape index (κ3) is 2.65. The van der Waals surface area contributed by atoms with E-state index in [1.165, 1.54) is 0 Å². The molecule has 3 aromatic rings. The standard InChI is InChI=1S/C13H12ClN5O/c1-19-8-15-6-11(19)13-17-12(20-18-13)7-16-10-4-2-3-9(14)5-10/h2-6,8,16H,7H2,1H3. The fourth-order valence-corrected chi connectivity index (χ4v) is 1.97. The number of imidazole rings is 1. The van der Waals surface area contributed by atoms with Crippen LogP contribution in [-0.2, 0) is 13.6 Å². The molecular formula is C13H12ClN5O. The van der Waals surface area contributed by atoms with Crippen LogP contribution < -0.4 is 5.32 Å². The summed E-state index contributed by atoms with van der Waals surface area (Å²) in [6, 6.07) is 7.45. The van der Waals surface area contributed by atoms with Gasteiger partial charge in [-0.3, -0.25) is 0 Å². The summed E-state index contributed by atoms with van der Waals surface area (Å²) in [5.41, 5.74) is 1.71. The first kappa shape index (κ1) is 12.7. The van der Waals surface area contributed by atoms with E-state index < -0.39 is 0 Å². The van der Waals surface area contributed by atoms with Crippen molar-refractivity contribution in [2.45, 2.75) is 6.54 Å². The SMILES string of the molecule is Cn1cncc1-c1noc(CNc2cccc(Cl)c2)n1. The molecule has 0 saturated heterocycles. The predicted octanol–water partition coefficient (Wildman–Crippen LogP) is 2.74. The topological polar surface area (TPSA) is 68.8 Å². The Bertz CT molecular complexity index is 721. The minimum atomic E-state index is 0.436. The molecule has 0 fully saturated rings. The molecule has 2 aromatic heterocycles. The Morgan fingerprint density at radius 1 is 1.40 bits per heavy atom. The van der Waals surface area contributed by atoms with Gasteiger partial charge in [-0.2, -0.15) is 4.98 Å². The van der Waals surface area contributed by atoms with E-state index in [0.717, 1.165) is 11.4 Å². The summed E-state index contributed by atoms with van der Waals surface area (Å²) in [6.45, 7) is 0.436. The zero-order valence-corrected chi connectivity index (χ0v) is 11.5. The van der Waals surface area contributed by atoms with E-state index in [1.807, 2.05) is 35.9 Å². The van der Waals surface area contributed by atoms with Gasteiger partial charge in [0, 0.05) is 17.8 Å². The summed E-state index contributed by atoms with van der Waals surface area (Å²) in [6.07, 6.45) is 3.38. The number of hydrogen-bond acceptors (Lipinski definition) is 5. The molecule has 0 spiro atoms. The van der Waals surface area contributed by atoms with Crippen LogP contribution in [0, 0.1) is 0 Å². The molecule has 20 heavy (non-hydrogen) atoms. The van der Waals surface area contributed by atoms with Gasteiger partial charge in [-0.05, 0) is 18.2 Å². The van der Waals surface area contributed by atoms with Crippen molar-refractivity contribution in [3.63, 3.8) is 0 Å². The van der Waals surface area contributed by atoms with Gasteiger partial charge in [0.15, 0.2) is 0 Å². The molecule has 0 aliphatic carbocycles. The molecule has 0 atom stereocenters. The molecule has 0 unspecified atom stereocenters. The van der Waals surface area contributed by atoms with E-state index in [1.54, 1.807) is 12.5 Å². The lowest BCUT2D eigenvalue weighted by molar-refractivity contribution is 0.384. The molecule has 2 heterocycles. The average molecular weight is 290 g/mol. The maximum atomic E-state index is 5.91. The van der Waals surface area contributed by atoms with Crippen LogP contribution in [0.15, 0.2) is 41.3 Å². The minimum absolute atomic E-state index is 0.436. The zero-order chi connectivity index (χ0) is 13.9. The Labute approximate surface area is 120 Å². The number of aromatic nitrogens is 4. The van der Waals surface area contributed by atoms with Gasteiger partial charge < -0.3 is 14.4 Å². The Hall–Kier alpha value is -2.34. The molecule has 0 amide bonds. The Morgan fingerprint density at radius 3 is 3.05 bits per heavy atom. The predicted molar refractivity (Wildman–Crippen MR) is 75.3 cm³/mol. The molecule has 0 aliphatic rings. The number of aryl methyl sites for hydroxylation is 1. The fraction of sp³-hybridized carbons (Fsp3) is 0.154. The summed E-state index contributed by atoms with van der Waals surface area (Å²) in [5.74, 6) is 1.02. The maximum Gasteiger partial charge on any atom is 0.246 e. The van der Waals surface area contributed by atoms with Crippen LogP contribution in [0.3, 0.4) is 0 Å². The summed E-state index contributed by atoms with van der Waals surface area (Å²) in [4.78, 5) is 8.34. The second kappa shape index (κ2) is 5.34. The van der Waals surface area contributed by atoms with E-state index in [0.29, 0.717) is 23.3 Å². The monoisotopic (exact) mass is 289 g/mol. The van der Waals surface area contributed by atoms with Crippen LogP contribution in [0.2, 0.25) is 5.02 Å². The van der Waals surface area contributed by atoms with Crippen LogP contribution in [-0.4, -0.2) is 19.7 Å². The van der Waals surface area contributed by atoms with Gasteiger partial charge in [0.2, 0.25) is 11.7 Å². The Balaban J connectivity index is 1.70. The highest BCUT2D eigenvalue weighted by atomic mass is 35.5. The fourth-order valence-electron chi connectivity index (χ4n) is 1.78. The van der Waals surface area contributed by atoms with Crippen molar-refractivity contribution in [2.75, 3.05) is 5.32 Å². The van der Waals surface area contributed by atoms with Crippen molar-refractivity contribution in [3.05, 3.63) is 47.7 Å². The number of hydrogen-bond donors (Lipinski definition) is 1. The van der Waals surface area contributed by atoms with Gasteiger partial charge >= 0.3 is 0 Å². The number of nitrogens with one attached hydrogen (secondary N) is 1. The van der Waals surface area contributed by atoms with Crippen molar-refractivity contribution in [2.24, 2.45) is 7.05 Å². The summed E-state index contributed by atoms with van der Waals surface area (Å²) in [7, 11) is 1.88. The van der Waals surface area contributed by atoms with E-state index in [2.05, 4.69) is 20.4 Å². The van der Waals surface area contributed by atoms with Crippen LogP contribution in [0.25, 0.3) is 11.5 Å². The maximum absolute atomic E-state index is 5.91. The third-order valence-electron chi connectivity index (χ3n) is 2.78. The number of anilines is 1. The lowest BCUT2D eigenvalue weighted by Gasteiger charge is -2.02. The van der Waals surface area contributed by atoms with Gasteiger partial charge in [-0.15, -0.1) is 0 Å². The minimum Gasteiger partial charge on any atom is -0.376 e. The number of nitrogens with zero attached hydrogens (tertiary/aromatic N) is 4. The highest BCUT2D eigenvalue weighted by molar-refractivity contribution is 6.30. The molecule has 6 nitrogen and oxygen atoms in total. The van der Waals surface area contributed by atoms with E-state index in [9.17, 15) is 0 Å². The van der Waals surface area contributed by atoms with E-state index >= 15 is 0 Å². The van der Waals surface area contributed by atoms with Crippen LogP contribution in [0.4, 0.5) is 5.69 Å². The Kier molecular flexibility index (Phi) is 3.39. The molecule has 1 N–H and O–H groups in total. The van der Waals surface area contributed by atoms with Crippen LogP contribution in [0.5, 0.6) is 0 Å².